The van der Waals surface area contributed by atoms with Crippen LogP contribution < -0.4 is 16.8 Å². The van der Waals surface area contributed by atoms with Gasteiger partial charge in [-0.3, -0.25) is 20.6 Å². The van der Waals surface area contributed by atoms with E-state index in [1.54, 1.807) is 0 Å². The SMILES string of the molecule is [NH]C(=O)C(O)c1ccc(NC(=O)OCC(N)C(=O)O)cc1. The van der Waals surface area contributed by atoms with Crippen molar-refractivity contribution in [3.05, 3.63) is 29.8 Å². The lowest BCUT2D eigenvalue weighted by Crippen LogP contribution is -2.36. The second-order valence-corrected chi connectivity index (χ2v) is 4.06. The van der Waals surface area contributed by atoms with Crippen LogP contribution in [0.4, 0.5) is 10.5 Å². The third-order valence-corrected chi connectivity index (χ3v) is 2.43. The van der Waals surface area contributed by atoms with Crippen LogP contribution in [0.15, 0.2) is 24.3 Å². The van der Waals surface area contributed by atoms with E-state index in [0.717, 1.165) is 0 Å². The van der Waals surface area contributed by atoms with Crippen LogP contribution in [0, 0.1) is 0 Å². The van der Waals surface area contributed by atoms with Gasteiger partial charge in [0.05, 0.1) is 0 Å². The van der Waals surface area contributed by atoms with E-state index in [1.165, 1.54) is 24.3 Å². The summed E-state index contributed by atoms with van der Waals surface area (Å²) in [7, 11) is 0. The highest BCUT2D eigenvalue weighted by Gasteiger charge is 2.16. The molecule has 9 nitrogen and oxygen atoms in total. The number of carbonyl (C=O) groups excluding carboxylic acids is 2. The topological polar surface area (TPSA) is 163 Å². The van der Waals surface area contributed by atoms with Crippen molar-refractivity contribution in [3.63, 3.8) is 0 Å². The Morgan fingerprint density at radius 1 is 1.29 bits per heavy atom. The highest BCUT2D eigenvalue weighted by molar-refractivity contribution is 5.85. The van der Waals surface area contributed by atoms with E-state index in [0.29, 0.717) is 5.69 Å². The first-order valence-corrected chi connectivity index (χ1v) is 5.77. The van der Waals surface area contributed by atoms with Crippen LogP contribution in [0.5, 0.6) is 0 Å². The van der Waals surface area contributed by atoms with Gasteiger partial charge in [-0.25, -0.2) is 4.79 Å². The van der Waals surface area contributed by atoms with Crippen molar-refractivity contribution >= 4 is 23.7 Å². The molecule has 2 atom stereocenters. The third kappa shape index (κ3) is 5.09. The van der Waals surface area contributed by atoms with Crippen LogP contribution >= 0.6 is 0 Å². The summed E-state index contributed by atoms with van der Waals surface area (Å²) < 4.78 is 4.60. The number of carbonyl (C=O) groups is 3. The van der Waals surface area contributed by atoms with Crippen molar-refractivity contribution in [1.29, 1.82) is 0 Å². The van der Waals surface area contributed by atoms with Gasteiger partial charge >= 0.3 is 12.1 Å². The minimum Gasteiger partial charge on any atom is -0.480 e. The molecule has 0 heterocycles. The van der Waals surface area contributed by atoms with Crippen LogP contribution in [-0.2, 0) is 14.3 Å². The fourth-order valence-electron chi connectivity index (χ4n) is 1.29. The van der Waals surface area contributed by atoms with Crippen molar-refractivity contribution in [1.82, 2.24) is 5.73 Å². The molecule has 0 aliphatic rings. The van der Waals surface area contributed by atoms with Gasteiger partial charge in [-0.2, -0.15) is 0 Å². The molecule has 2 amide bonds. The molecular weight excluding hydrogens is 282 g/mol. The number of hydrogen-bond donors (Lipinski definition) is 4. The average molecular weight is 296 g/mol. The Morgan fingerprint density at radius 3 is 2.33 bits per heavy atom. The summed E-state index contributed by atoms with van der Waals surface area (Å²) in [5.41, 5.74) is 12.4. The number of rotatable bonds is 6. The van der Waals surface area contributed by atoms with Gasteiger partial charge in [-0.05, 0) is 17.7 Å². The van der Waals surface area contributed by atoms with E-state index in [1.807, 2.05) is 0 Å². The number of nitrogens with two attached hydrogens (primary N) is 1. The fraction of sp³-hybridized carbons (Fsp3) is 0.250. The molecule has 21 heavy (non-hydrogen) atoms. The zero-order valence-corrected chi connectivity index (χ0v) is 10.8. The van der Waals surface area contributed by atoms with Crippen molar-refractivity contribution in [2.24, 2.45) is 5.73 Å². The summed E-state index contributed by atoms with van der Waals surface area (Å²) in [5, 5.41) is 20.2. The lowest BCUT2D eigenvalue weighted by molar-refractivity contribution is -0.139. The van der Waals surface area contributed by atoms with Gasteiger partial charge in [0.1, 0.15) is 12.6 Å². The first kappa shape index (κ1) is 16.4. The number of ether oxygens (including phenoxy) is 1. The molecule has 113 valence electrons. The number of anilines is 1. The van der Waals surface area contributed by atoms with Gasteiger partial charge in [0.15, 0.2) is 6.10 Å². The third-order valence-electron chi connectivity index (χ3n) is 2.43. The van der Waals surface area contributed by atoms with Gasteiger partial charge in [0.25, 0.3) is 5.91 Å². The lowest BCUT2D eigenvalue weighted by atomic mass is 10.1. The highest BCUT2D eigenvalue weighted by atomic mass is 16.5. The van der Waals surface area contributed by atoms with Gasteiger partial charge in [-0.15, -0.1) is 0 Å². The number of benzene rings is 1. The van der Waals surface area contributed by atoms with Crippen molar-refractivity contribution < 1.29 is 29.3 Å². The molecule has 0 aliphatic heterocycles. The second kappa shape index (κ2) is 7.22. The fourth-order valence-corrected chi connectivity index (χ4v) is 1.29. The molecule has 1 radical (unpaired) electrons. The first-order chi connectivity index (χ1) is 9.81. The molecule has 0 saturated carbocycles. The molecule has 2 unspecified atom stereocenters. The maximum atomic E-state index is 11.4. The number of carboxylic acids is 1. The lowest BCUT2D eigenvalue weighted by Gasteiger charge is -2.10. The van der Waals surface area contributed by atoms with E-state index >= 15 is 0 Å². The second-order valence-electron chi connectivity index (χ2n) is 4.06. The van der Waals surface area contributed by atoms with Crippen molar-refractivity contribution in [2.45, 2.75) is 12.1 Å². The van der Waals surface area contributed by atoms with Crippen LogP contribution in [0.25, 0.3) is 0 Å². The van der Waals surface area contributed by atoms with Gasteiger partial charge in [-0.1, -0.05) is 12.1 Å². The number of nitrogens with one attached hydrogen (secondary N) is 2. The molecule has 0 bridgehead atoms. The summed E-state index contributed by atoms with van der Waals surface area (Å²) in [5.74, 6) is -2.43. The molecule has 0 saturated heterocycles. The van der Waals surface area contributed by atoms with Crippen molar-refractivity contribution in [3.8, 4) is 0 Å². The minimum atomic E-state index is -1.54. The molecule has 0 aliphatic carbocycles. The number of hydrogen-bond acceptors (Lipinski definition) is 6. The summed E-state index contributed by atoms with van der Waals surface area (Å²) in [6.45, 7) is -0.481. The largest absolute Gasteiger partial charge is 0.480 e. The Kier molecular flexibility index (Phi) is 5.64. The molecule has 0 fully saturated rings. The molecule has 9 heteroatoms. The van der Waals surface area contributed by atoms with Crippen LogP contribution in [0.2, 0.25) is 0 Å². The van der Waals surface area contributed by atoms with E-state index in [4.69, 9.17) is 16.6 Å². The Balaban J connectivity index is 2.54. The monoisotopic (exact) mass is 296 g/mol. The number of aliphatic hydroxyl groups is 1. The quantitative estimate of drug-likeness (QED) is 0.549. The predicted octanol–water partition coefficient (Wildman–Crippen LogP) is -0.510. The maximum absolute atomic E-state index is 11.4. The average Bonchev–Trinajstić information content (AvgIpc) is 2.44. The summed E-state index contributed by atoms with van der Waals surface area (Å²) in [6.07, 6.45) is -2.43. The molecule has 1 aromatic rings. The zero-order valence-electron chi connectivity index (χ0n) is 10.8. The molecular formula is C12H14N3O6. The Labute approximate surface area is 119 Å². The Bertz CT molecular complexity index is 530. The number of amides is 2. The zero-order chi connectivity index (χ0) is 16.0. The molecule has 1 rings (SSSR count). The molecule has 6 N–H and O–H groups in total. The number of carboxylic acid groups (broad SMARTS) is 1. The normalized spacial score (nSPS) is 13.0. The predicted molar refractivity (Wildman–Crippen MR) is 70.1 cm³/mol. The standard InChI is InChI=1S/C12H14N3O6/c13-8(11(18)19)5-21-12(20)15-7-3-1-6(2-4-7)9(16)10(14)17/h1-4,8-9,14,16H,5,13H2,(H,15,20)(H,18,19). The van der Waals surface area contributed by atoms with Gasteiger partial charge in [0, 0.05) is 5.69 Å². The number of aliphatic carboxylic acids is 1. The van der Waals surface area contributed by atoms with E-state index in [-0.39, 0.29) is 5.56 Å². The van der Waals surface area contributed by atoms with E-state index in [2.05, 4.69) is 10.1 Å². The number of aliphatic hydroxyl groups excluding tert-OH is 1. The van der Waals surface area contributed by atoms with Gasteiger partial charge < -0.3 is 20.7 Å². The van der Waals surface area contributed by atoms with E-state index in [9.17, 15) is 19.5 Å². The van der Waals surface area contributed by atoms with E-state index < -0.39 is 36.7 Å². The van der Waals surface area contributed by atoms with Crippen LogP contribution in [-0.4, -0.2) is 40.8 Å². The summed E-state index contributed by atoms with van der Waals surface area (Å²) in [6, 6.07) is 4.18. The van der Waals surface area contributed by atoms with Crippen molar-refractivity contribution in [2.75, 3.05) is 11.9 Å². The Hall–Kier alpha value is -2.65. The molecule has 0 aromatic heterocycles. The maximum Gasteiger partial charge on any atom is 0.411 e. The summed E-state index contributed by atoms with van der Waals surface area (Å²) in [4.78, 5) is 32.5. The highest BCUT2D eigenvalue weighted by Crippen LogP contribution is 2.16. The van der Waals surface area contributed by atoms with Crippen LogP contribution in [0.1, 0.15) is 11.7 Å². The molecule has 0 spiro atoms. The first-order valence-electron chi connectivity index (χ1n) is 5.77. The summed E-state index contributed by atoms with van der Waals surface area (Å²) >= 11 is 0. The smallest absolute Gasteiger partial charge is 0.411 e. The molecule has 1 aromatic carbocycles. The Morgan fingerprint density at radius 2 is 1.86 bits per heavy atom. The van der Waals surface area contributed by atoms with Crippen LogP contribution in [0.3, 0.4) is 0 Å². The van der Waals surface area contributed by atoms with Gasteiger partial charge in [0.2, 0.25) is 0 Å². The minimum absolute atomic E-state index is 0.210.